The first kappa shape index (κ1) is 27.8. The third kappa shape index (κ3) is 5.66. The summed E-state index contributed by atoms with van der Waals surface area (Å²) >= 11 is 0. The molecule has 0 bridgehead atoms. The number of aryl methyl sites for hydroxylation is 1. The fraction of sp³-hybridized carbons (Fsp3) is 0.323. The minimum absolute atomic E-state index is 0.157. The minimum atomic E-state index is -0.421. The molecule has 2 atom stereocenters. The quantitative estimate of drug-likeness (QED) is 0.299. The zero-order chi connectivity index (χ0) is 30.0. The summed E-state index contributed by atoms with van der Waals surface area (Å²) in [5.74, 6) is 0.676. The fourth-order valence-corrected chi connectivity index (χ4v) is 5.73. The van der Waals surface area contributed by atoms with Crippen molar-refractivity contribution in [1.82, 2.24) is 40.0 Å². The van der Waals surface area contributed by atoms with Crippen LogP contribution in [0.4, 0.5) is 5.69 Å². The normalized spacial score (nSPS) is 18.0. The summed E-state index contributed by atoms with van der Waals surface area (Å²) in [5.41, 5.74) is 3.81. The summed E-state index contributed by atoms with van der Waals surface area (Å²) in [6.45, 7) is 2.93. The predicted molar refractivity (Wildman–Crippen MR) is 159 cm³/mol. The van der Waals surface area contributed by atoms with Gasteiger partial charge in [-0.15, -0.1) is 10.2 Å². The molecule has 224 valence electrons. The maximum absolute atomic E-state index is 13.5. The molecule has 5 aromatic rings. The monoisotopic (exact) mass is 593 g/mol. The smallest absolute Gasteiger partial charge is 0.272 e. The first-order valence-electron chi connectivity index (χ1n) is 14.6. The zero-order valence-electron chi connectivity index (χ0n) is 24.2. The number of hydrogen-bond acceptors (Lipinski definition) is 10. The van der Waals surface area contributed by atoms with Gasteiger partial charge in [0.05, 0.1) is 13.1 Å². The molecule has 13 heteroatoms. The van der Waals surface area contributed by atoms with Crippen LogP contribution in [0.5, 0.6) is 0 Å². The van der Waals surface area contributed by atoms with E-state index in [1.807, 2.05) is 23.1 Å². The number of benzene rings is 2. The van der Waals surface area contributed by atoms with Crippen molar-refractivity contribution in [1.29, 1.82) is 0 Å². The van der Waals surface area contributed by atoms with Crippen LogP contribution in [0.15, 0.2) is 71.3 Å². The third-order valence-electron chi connectivity index (χ3n) is 7.95. The molecule has 1 N–H and O–H groups in total. The summed E-state index contributed by atoms with van der Waals surface area (Å²) in [5, 5.41) is 15.7. The lowest BCUT2D eigenvalue weighted by Crippen LogP contribution is -2.50. The second-order valence-corrected chi connectivity index (χ2v) is 10.9. The first-order chi connectivity index (χ1) is 21.5. The van der Waals surface area contributed by atoms with E-state index in [0.717, 1.165) is 18.4 Å². The average Bonchev–Trinajstić information content (AvgIpc) is 3.84. The molecule has 7 rings (SSSR count). The molecule has 3 aromatic heterocycles. The number of piperazine rings is 1. The fourth-order valence-electron chi connectivity index (χ4n) is 5.73. The molecule has 0 saturated carbocycles. The first-order valence-corrected chi connectivity index (χ1v) is 14.6. The molecule has 1 unspecified atom stereocenters. The number of anilines is 1. The maximum atomic E-state index is 13.5. The largest absolute Gasteiger partial charge is 0.436 e. The number of fused-ring (bicyclic) bond motifs is 1. The molecule has 2 aromatic carbocycles. The third-order valence-corrected chi connectivity index (χ3v) is 7.95. The average molecular weight is 594 g/mol. The van der Waals surface area contributed by atoms with Gasteiger partial charge in [0.1, 0.15) is 17.3 Å². The summed E-state index contributed by atoms with van der Waals surface area (Å²) in [6, 6.07) is 18.7. The van der Waals surface area contributed by atoms with Crippen molar-refractivity contribution in [2.24, 2.45) is 7.05 Å². The predicted octanol–water partition coefficient (Wildman–Crippen LogP) is 3.08. The Morgan fingerprint density at radius 3 is 2.61 bits per heavy atom. The van der Waals surface area contributed by atoms with E-state index >= 15 is 0 Å². The van der Waals surface area contributed by atoms with Gasteiger partial charge in [-0.1, -0.05) is 30.3 Å². The molecule has 5 heterocycles. The molecule has 2 amide bonds. The van der Waals surface area contributed by atoms with E-state index in [-0.39, 0.29) is 17.9 Å². The van der Waals surface area contributed by atoms with Crippen LogP contribution in [0.2, 0.25) is 0 Å². The van der Waals surface area contributed by atoms with Crippen molar-refractivity contribution in [3.63, 3.8) is 0 Å². The van der Waals surface area contributed by atoms with E-state index in [1.165, 1.54) is 4.80 Å². The van der Waals surface area contributed by atoms with Gasteiger partial charge in [-0.3, -0.25) is 19.5 Å². The summed E-state index contributed by atoms with van der Waals surface area (Å²) in [6.07, 6.45) is 2.77. The highest BCUT2D eigenvalue weighted by Gasteiger charge is 2.31. The van der Waals surface area contributed by atoms with Gasteiger partial charge in [0.2, 0.25) is 5.89 Å². The number of hydrogen-bond donors (Lipinski definition) is 1. The van der Waals surface area contributed by atoms with Crippen molar-refractivity contribution in [2.75, 3.05) is 38.1 Å². The van der Waals surface area contributed by atoms with Gasteiger partial charge >= 0.3 is 0 Å². The summed E-state index contributed by atoms with van der Waals surface area (Å²) < 4.78 is 11.5. The van der Waals surface area contributed by atoms with E-state index in [0.29, 0.717) is 72.5 Å². The van der Waals surface area contributed by atoms with Crippen LogP contribution in [-0.2, 0) is 16.6 Å². The van der Waals surface area contributed by atoms with Crippen LogP contribution in [0, 0.1) is 0 Å². The number of carbonyl (C=O) groups excluding carboxylic acids is 2. The van der Waals surface area contributed by atoms with Crippen molar-refractivity contribution in [3.05, 3.63) is 83.9 Å². The molecule has 0 radical (unpaired) electrons. The second kappa shape index (κ2) is 11.9. The topological polar surface area (TPSA) is 144 Å². The Kier molecular flexibility index (Phi) is 7.54. The van der Waals surface area contributed by atoms with Crippen LogP contribution < -0.4 is 5.32 Å². The number of rotatable bonds is 7. The number of nitrogens with one attached hydrogen (secondary N) is 1. The summed E-state index contributed by atoms with van der Waals surface area (Å²) in [4.78, 5) is 40.5. The van der Waals surface area contributed by atoms with Crippen LogP contribution >= 0.6 is 0 Å². The number of carbonyl (C=O) groups is 2. The highest BCUT2D eigenvalue weighted by atomic mass is 16.5. The maximum Gasteiger partial charge on any atom is 0.272 e. The standard InChI is InChI=1S/C31H31N9O4/c1-38-36-28(35-37-38)27(20-6-3-2-4-7-20)39-13-15-40(16-14-39)31(42)24-18-21(11-12-32-24)30-34-23-19-22(9-10-25(23)44-30)33-29(41)26-8-5-17-43-26/h2-4,6-7,9-12,18-19,26-27H,5,8,13-17H2,1H3,(H,33,41)/t26-,27?/m1/s1. The van der Waals surface area contributed by atoms with Gasteiger partial charge in [-0.25, -0.2) is 4.98 Å². The molecule has 2 fully saturated rings. The number of ether oxygens (including phenoxy) is 1. The zero-order valence-corrected chi connectivity index (χ0v) is 24.2. The van der Waals surface area contributed by atoms with Gasteiger partial charge in [-0.2, -0.15) is 4.80 Å². The Bertz CT molecular complexity index is 1790. The number of oxazole rings is 1. The van der Waals surface area contributed by atoms with E-state index in [2.05, 4.69) is 47.7 Å². The van der Waals surface area contributed by atoms with Crippen molar-refractivity contribution in [2.45, 2.75) is 25.0 Å². The number of nitrogens with zero attached hydrogens (tertiary/aromatic N) is 8. The lowest BCUT2D eigenvalue weighted by Gasteiger charge is -2.38. The van der Waals surface area contributed by atoms with E-state index in [9.17, 15) is 9.59 Å². The van der Waals surface area contributed by atoms with Crippen LogP contribution in [-0.4, -0.2) is 90.7 Å². The number of aromatic nitrogens is 6. The lowest BCUT2D eigenvalue weighted by atomic mass is 10.0. The minimum Gasteiger partial charge on any atom is -0.436 e. The SMILES string of the molecule is Cn1nnc(C(c2ccccc2)N2CCN(C(=O)c3cc(-c4nc5cc(NC(=O)[C@H]6CCCO6)ccc5o4)ccn3)CC2)n1. The molecule has 13 nitrogen and oxygen atoms in total. The molecule has 2 aliphatic rings. The second-order valence-electron chi connectivity index (χ2n) is 10.9. The van der Waals surface area contributed by atoms with Crippen molar-refractivity contribution in [3.8, 4) is 11.5 Å². The van der Waals surface area contributed by atoms with Gasteiger partial charge in [-0.05, 0) is 54.0 Å². The Balaban J connectivity index is 1.04. The Morgan fingerprint density at radius 2 is 1.86 bits per heavy atom. The molecular formula is C31H31N9O4. The number of tetrazole rings is 1. The van der Waals surface area contributed by atoms with Crippen molar-refractivity contribution >= 4 is 28.6 Å². The molecule has 44 heavy (non-hydrogen) atoms. The highest BCUT2D eigenvalue weighted by Crippen LogP contribution is 2.29. The Labute approximate surface area is 252 Å². The van der Waals surface area contributed by atoms with Gasteiger partial charge in [0.15, 0.2) is 11.4 Å². The highest BCUT2D eigenvalue weighted by molar-refractivity contribution is 5.96. The molecule has 2 aliphatic heterocycles. The summed E-state index contributed by atoms with van der Waals surface area (Å²) in [7, 11) is 1.75. The van der Waals surface area contributed by atoms with E-state index < -0.39 is 6.10 Å². The molecule has 0 aliphatic carbocycles. The van der Waals surface area contributed by atoms with E-state index in [1.54, 1.807) is 43.6 Å². The van der Waals surface area contributed by atoms with Gasteiger partial charge in [0.25, 0.3) is 11.8 Å². The molecule has 0 spiro atoms. The van der Waals surface area contributed by atoms with Gasteiger partial charge < -0.3 is 19.4 Å². The number of pyridine rings is 1. The van der Waals surface area contributed by atoms with Crippen LogP contribution in [0.1, 0.15) is 40.8 Å². The number of amides is 2. The molecule has 2 saturated heterocycles. The van der Waals surface area contributed by atoms with E-state index in [4.69, 9.17) is 9.15 Å². The lowest BCUT2D eigenvalue weighted by molar-refractivity contribution is -0.124. The van der Waals surface area contributed by atoms with Crippen LogP contribution in [0.25, 0.3) is 22.6 Å². The Morgan fingerprint density at radius 1 is 1.02 bits per heavy atom. The molecular weight excluding hydrogens is 562 g/mol. The van der Waals surface area contributed by atoms with Gasteiger partial charge in [0, 0.05) is 50.2 Å². The Hall–Kier alpha value is -5.01. The van der Waals surface area contributed by atoms with Crippen molar-refractivity contribution < 1.29 is 18.7 Å². The van der Waals surface area contributed by atoms with Crippen LogP contribution in [0.3, 0.4) is 0 Å².